The molecule has 0 heterocycles. The van der Waals surface area contributed by atoms with Crippen LogP contribution >= 0.6 is 31.9 Å². The first-order chi connectivity index (χ1) is 12.8. The van der Waals surface area contributed by atoms with Gasteiger partial charge in [0.2, 0.25) is 0 Å². The van der Waals surface area contributed by atoms with Crippen molar-refractivity contribution in [2.24, 2.45) is 0 Å². The quantitative estimate of drug-likeness (QED) is 0.262. The van der Waals surface area contributed by atoms with E-state index in [1.807, 2.05) is 0 Å². The van der Waals surface area contributed by atoms with Crippen LogP contribution in [0, 0.1) is 0 Å². The first-order valence-electron chi connectivity index (χ1n) is 6.97. The van der Waals surface area contributed by atoms with Crippen molar-refractivity contribution in [2.45, 2.75) is 12.4 Å². The second-order valence-corrected chi connectivity index (χ2v) is 6.95. The highest BCUT2D eigenvalue weighted by atomic mass is 79.9. The molecule has 0 saturated carbocycles. The maximum Gasteiger partial charge on any atom is 0.417 e. The van der Waals surface area contributed by atoms with Crippen LogP contribution in [-0.4, -0.2) is 11.9 Å². The summed E-state index contributed by atoms with van der Waals surface area (Å²) in [5.74, 6) is -3.42. The molecule has 0 bridgehead atoms. The number of rotatable bonds is 2. The lowest BCUT2D eigenvalue weighted by atomic mass is 10.1. The van der Waals surface area contributed by atoms with Crippen LogP contribution in [0.4, 0.5) is 26.3 Å². The van der Waals surface area contributed by atoms with E-state index >= 15 is 0 Å². The predicted octanol–water partition coefficient (Wildman–Crippen LogP) is 6.18. The van der Waals surface area contributed by atoms with Gasteiger partial charge in [0.25, 0.3) is 0 Å². The van der Waals surface area contributed by atoms with Gasteiger partial charge >= 0.3 is 24.3 Å². The van der Waals surface area contributed by atoms with Crippen molar-refractivity contribution in [2.75, 3.05) is 0 Å². The van der Waals surface area contributed by atoms with Crippen molar-refractivity contribution in [3.63, 3.8) is 0 Å². The van der Waals surface area contributed by atoms with E-state index in [0.717, 1.165) is 24.3 Å². The summed E-state index contributed by atoms with van der Waals surface area (Å²) >= 11 is 5.63. The van der Waals surface area contributed by atoms with Crippen molar-refractivity contribution in [1.29, 1.82) is 0 Å². The Bertz CT molecular complexity index is 849. The maximum absolute atomic E-state index is 13.0. The predicted molar refractivity (Wildman–Crippen MR) is 89.1 cm³/mol. The van der Waals surface area contributed by atoms with E-state index < -0.39 is 46.5 Å². The Hall–Kier alpha value is -2.08. The number of alkyl halides is 6. The van der Waals surface area contributed by atoms with Gasteiger partial charge in [0.1, 0.15) is 0 Å². The first-order valence-corrected chi connectivity index (χ1v) is 8.56. The summed E-state index contributed by atoms with van der Waals surface area (Å²) in [6.07, 6.45) is -9.87. The van der Waals surface area contributed by atoms with Crippen LogP contribution in [0.25, 0.3) is 0 Å². The molecule has 0 atom stereocenters. The molecule has 150 valence electrons. The summed E-state index contributed by atoms with van der Waals surface area (Å²) in [7, 11) is 0. The Morgan fingerprint density at radius 3 is 1.29 bits per heavy atom. The maximum atomic E-state index is 13.0. The molecule has 0 unspecified atom stereocenters. The summed E-state index contributed by atoms with van der Waals surface area (Å²) in [6.45, 7) is 0. The fraction of sp³-hybridized carbons (Fsp3) is 0.125. The highest BCUT2D eigenvalue weighted by molar-refractivity contribution is 9.10. The van der Waals surface area contributed by atoms with Gasteiger partial charge in [-0.1, -0.05) is 31.9 Å². The van der Waals surface area contributed by atoms with Crippen LogP contribution in [0.3, 0.4) is 0 Å². The van der Waals surface area contributed by atoms with E-state index in [9.17, 15) is 35.9 Å². The molecule has 0 aromatic heterocycles. The monoisotopic (exact) mass is 534 g/mol. The van der Waals surface area contributed by atoms with Gasteiger partial charge < -0.3 is 0 Å². The molecule has 0 aliphatic carbocycles. The second kappa shape index (κ2) is 8.11. The molecule has 0 aliphatic heterocycles. The minimum absolute atomic E-state index is 0.0121. The molecule has 2 aromatic carbocycles. The molecule has 0 radical (unpaired) electrons. The van der Waals surface area contributed by atoms with Crippen molar-refractivity contribution >= 4 is 43.8 Å². The van der Waals surface area contributed by atoms with Gasteiger partial charge in [-0.25, -0.2) is 19.4 Å². The topological polar surface area (TPSA) is 52.6 Å². The van der Waals surface area contributed by atoms with Crippen molar-refractivity contribution in [3.8, 4) is 0 Å². The average molecular weight is 536 g/mol. The summed E-state index contributed by atoms with van der Waals surface area (Å²) < 4.78 is 78.1. The Labute approximate surface area is 169 Å². The Morgan fingerprint density at radius 2 is 1.00 bits per heavy atom. The Balaban J connectivity index is 2.25. The van der Waals surface area contributed by atoms with E-state index in [1.54, 1.807) is 0 Å². The largest absolute Gasteiger partial charge is 0.417 e. The fourth-order valence-electron chi connectivity index (χ4n) is 2.02. The van der Waals surface area contributed by atoms with Crippen LogP contribution < -0.4 is 0 Å². The van der Waals surface area contributed by atoms with Crippen molar-refractivity contribution < 1.29 is 45.7 Å². The zero-order valence-electron chi connectivity index (χ0n) is 13.1. The third-order valence-corrected chi connectivity index (χ3v) is 4.19. The molecule has 0 fully saturated rings. The van der Waals surface area contributed by atoms with E-state index in [0.29, 0.717) is 12.1 Å². The van der Waals surface area contributed by atoms with E-state index in [-0.39, 0.29) is 8.95 Å². The summed E-state index contributed by atoms with van der Waals surface area (Å²) in [4.78, 5) is 31.8. The van der Waals surface area contributed by atoms with Gasteiger partial charge in [-0.05, 0) is 36.4 Å². The van der Waals surface area contributed by atoms with Crippen molar-refractivity contribution in [3.05, 3.63) is 67.6 Å². The van der Waals surface area contributed by atoms with Gasteiger partial charge in [0.05, 0.1) is 22.3 Å². The number of carbonyl (C=O) groups excluding carboxylic acids is 2. The number of halogens is 8. The zero-order chi connectivity index (χ0) is 21.3. The van der Waals surface area contributed by atoms with Crippen molar-refractivity contribution in [1.82, 2.24) is 0 Å². The van der Waals surface area contributed by atoms with Gasteiger partial charge in [-0.15, -0.1) is 0 Å². The summed E-state index contributed by atoms with van der Waals surface area (Å²) in [5.41, 5.74) is -4.75. The molecule has 0 saturated heterocycles. The highest BCUT2D eigenvalue weighted by Gasteiger charge is 2.38. The first kappa shape index (κ1) is 22.2. The third-order valence-electron chi connectivity index (χ3n) is 3.21. The lowest BCUT2D eigenvalue weighted by Crippen LogP contribution is -2.19. The van der Waals surface area contributed by atoms with Gasteiger partial charge in [-0.2, -0.15) is 26.3 Å². The number of hydrogen-bond donors (Lipinski definition) is 0. The van der Waals surface area contributed by atoms with E-state index in [1.165, 1.54) is 0 Å². The second-order valence-electron chi connectivity index (χ2n) is 5.12. The van der Waals surface area contributed by atoms with Crippen LogP contribution in [-0.2, 0) is 22.1 Å². The molecule has 28 heavy (non-hydrogen) atoms. The minimum Gasteiger partial charge on any atom is -0.241 e. The molecule has 2 rings (SSSR count). The van der Waals surface area contributed by atoms with E-state index in [2.05, 4.69) is 41.6 Å². The molecule has 2 aromatic rings. The number of benzene rings is 2. The Kier molecular flexibility index (Phi) is 6.44. The third kappa shape index (κ3) is 5.25. The lowest BCUT2D eigenvalue weighted by molar-refractivity contribution is -0.189. The van der Waals surface area contributed by atoms with Crippen LogP contribution in [0.1, 0.15) is 31.8 Å². The Morgan fingerprint density at radius 1 is 0.679 bits per heavy atom. The molecule has 4 nitrogen and oxygen atoms in total. The zero-order valence-corrected chi connectivity index (χ0v) is 16.3. The fourth-order valence-corrected chi connectivity index (χ4v) is 2.75. The summed E-state index contributed by atoms with van der Waals surface area (Å²) in [5, 5.41) is 0. The highest BCUT2D eigenvalue weighted by Crippen LogP contribution is 2.35. The summed E-state index contributed by atoms with van der Waals surface area (Å²) in [6, 6.07) is 4.89. The number of hydrogen-bond acceptors (Lipinski definition) is 4. The average Bonchev–Trinajstić information content (AvgIpc) is 2.57. The van der Waals surface area contributed by atoms with Gasteiger partial charge in [-0.3, -0.25) is 0 Å². The SMILES string of the molecule is O=C(OOC(=O)c1ccc(Br)cc1C(F)(F)F)c1ccc(Br)cc1C(F)(F)F. The van der Waals surface area contributed by atoms with Crippen LogP contribution in [0.15, 0.2) is 45.3 Å². The standard InChI is InChI=1S/C16H6Br2F6O4/c17-7-1-3-9(11(5-7)15(19,20)21)13(25)27-28-14(26)10-4-2-8(18)6-12(10)16(22,23)24/h1-6H. The van der Waals surface area contributed by atoms with Gasteiger partial charge in [0.15, 0.2) is 0 Å². The number of carbonyl (C=O) groups is 2. The van der Waals surface area contributed by atoms with Crippen LogP contribution in [0.2, 0.25) is 0 Å². The van der Waals surface area contributed by atoms with E-state index in [4.69, 9.17) is 0 Å². The molecule has 0 spiro atoms. The smallest absolute Gasteiger partial charge is 0.241 e. The molecule has 0 N–H and O–H groups in total. The minimum atomic E-state index is -4.93. The molecule has 0 amide bonds. The molecular formula is C16H6Br2F6O4. The molecule has 0 aliphatic rings. The lowest BCUT2D eigenvalue weighted by Gasteiger charge is -2.13. The van der Waals surface area contributed by atoms with Crippen LogP contribution in [0.5, 0.6) is 0 Å². The molecular weight excluding hydrogens is 530 g/mol. The normalized spacial score (nSPS) is 11.9. The molecule has 12 heteroatoms. The van der Waals surface area contributed by atoms with Gasteiger partial charge in [0, 0.05) is 8.95 Å².